The maximum Gasteiger partial charge on any atom is 0.265 e. The summed E-state index contributed by atoms with van der Waals surface area (Å²) in [5.41, 5.74) is 2.27. The first kappa shape index (κ1) is 20.6. The minimum atomic E-state index is -0.260. The summed E-state index contributed by atoms with van der Waals surface area (Å²) in [6, 6.07) is 14.5. The third-order valence-corrected chi connectivity index (χ3v) is 7.41. The monoisotopic (exact) mass is 479 g/mol. The van der Waals surface area contributed by atoms with Gasteiger partial charge in [-0.05, 0) is 54.1 Å². The molecule has 6 nitrogen and oxygen atoms in total. The van der Waals surface area contributed by atoms with Crippen LogP contribution in [0.15, 0.2) is 59.3 Å². The predicted molar refractivity (Wildman–Crippen MR) is 133 cm³/mol. The molecule has 0 fully saturated rings. The highest BCUT2D eigenvalue weighted by Crippen LogP contribution is 2.38. The normalized spacial score (nSPS) is 11.0. The number of ether oxygens (including phenoxy) is 1. The van der Waals surface area contributed by atoms with E-state index in [0.717, 1.165) is 25.3 Å². The van der Waals surface area contributed by atoms with Gasteiger partial charge in [0.25, 0.3) is 11.8 Å². The summed E-state index contributed by atoms with van der Waals surface area (Å²) in [7, 11) is 0. The molecule has 0 aliphatic heterocycles. The van der Waals surface area contributed by atoms with Gasteiger partial charge in [-0.1, -0.05) is 6.07 Å². The van der Waals surface area contributed by atoms with E-state index < -0.39 is 0 Å². The molecule has 3 heterocycles. The molecule has 0 atom stereocenters. The zero-order valence-corrected chi connectivity index (χ0v) is 19.3. The number of aromatic nitrogens is 1. The molecular weight excluding hydrogens is 462 g/mol. The first-order valence-electron chi connectivity index (χ1n) is 9.72. The highest BCUT2D eigenvalue weighted by molar-refractivity contribution is 7.21. The topological polar surface area (TPSA) is 80.3 Å². The number of nitrogens with one attached hydrogen (secondary N) is 2. The van der Waals surface area contributed by atoms with Crippen LogP contribution in [0.2, 0.25) is 0 Å². The first-order chi connectivity index (χ1) is 15.6. The van der Waals surface area contributed by atoms with Gasteiger partial charge in [0.05, 0.1) is 24.8 Å². The zero-order chi connectivity index (χ0) is 22.1. The van der Waals surface area contributed by atoms with Gasteiger partial charge in [0, 0.05) is 22.8 Å². The molecule has 0 spiro atoms. The van der Waals surface area contributed by atoms with E-state index in [2.05, 4.69) is 15.6 Å². The molecule has 2 amide bonds. The second-order valence-electron chi connectivity index (χ2n) is 6.96. The fraction of sp³-hybridized carbons (Fsp3) is 0.0870. The molecule has 9 heteroatoms. The van der Waals surface area contributed by atoms with E-state index in [9.17, 15) is 9.59 Å². The maximum atomic E-state index is 12.4. The van der Waals surface area contributed by atoms with Crippen molar-refractivity contribution in [1.82, 2.24) is 4.98 Å². The lowest BCUT2D eigenvalue weighted by molar-refractivity contribution is -0.118. The highest BCUT2D eigenvalue weighted by Gasteiger charge is 2.14. The fourth-order valence-electron chi connectivity index (χ4n) is 3.28. The number of amides is 2. The average molecular weight is 480 g/mol. The van der Waals surface area contributed by atoms with Gasteiger partial charge in [0.2, 0.25) is 0 Å². The Morgan fingerprint density at radius 1 is 1.00 bits per heavy atom. The molecule has 2 N–H and O–H groups in total. The van der Waals surface area contributed by atoms with Gasteiger partial charge in [-0.3, -0.25) is 9.59 Å². The first-order valence-corrected chi connectivity index (χ1v) is 12.3. The second-order valence-corrected chi connectivity index (χ2v) is 10.1. The largest absolute Gasteiger partial charge is 0.483 e. The minimum Gasteiger partial charge on any atom is -0.483 e. The molecule has 32 heavy (non-hydrogen) atoms. The van der Waals surface area contributed by atoms with Crippen LogP contribution in [0.4, 0.5) is 11.4 Å². The number of benzene rings is 2. The van der Waals surface area contributed by atoms with Gasteiger partial charge < -0.3 is 15.4 Å². The van der Waals surface area contributed by atoms with Crippen molar-refractivity contribution in [3.63, 3.8) is 0 Å². The number of fused-ring (bicyclic) bond motifs is 3. The molecule has 3 aromatic heterocycles. The number of anilines is 2. The maximum absolute atomic E-state index is 12.4. The number of thiazole rings is 1. The molecule has 0 aliphatic rings. The number of thiophene rings is 2. The van der Waals surface area contributed by atoms with Crippen LogP contribution in [-0.4, -0.2) is 23.4 Å². The number of rotatable bonds is 6. The van der Waals surface area contributed by atoms with Gasteiger partial charge in [-0.2, -0.15) is 0 Å². The lowest BCUT2D eigenvalue weighted by atomic mass is 10.2. The number of carbonyl (C=O) groups excluding carboxylic acids is 2. The van der Waals surface area contributed by atoms with Crippen molar-refractivity contribution in [2.75, 3.05) is 17.2 Å². The molecule has 160 valence electrons. The van der Waals surface area contributed by atoms with Crippen molar-refractivity contribution < 1.29 is 14.3 Å². The Morgan fingerprint density at radius 3 is 2.53 bits per heavy atom. The molecular formula is C23H17N3O3S3. The Kier molecular flexibility index (Phi) is 5.60. The summed E-state index contributed by atoms with van der Waals surface area (Å²) in [5, 5.41) is 11.5. The number of nitrogens with zero attached hydrogens (tertiary/aromatic N) is 1. The van der Waals surface area contributed by atoms with Crippen molar-refractivity contribution in [2.24, 2.45) is 0 Å². The van der Waals surface area contributed by atoms with E-state index in [0.29, 0.717) is 22.0 Å². The van der Waals surface area contributed by atoms with E-state index in [1.54, 1.807) is 53.0 Å². The van der Waals surface area contributed by atoms with Gasteiger partial charge in [-0.25, -0.2) is 4.98 Å². The lowest BCUT2D eigenvalue weighted by Crippen LogP contribution is -2.20. The van der Waals surface area contributed by atoms with Crippen LogP contribution in [0.1, 0.15) is 14.7 Å². The molecule has 0 saturated heterocycles. The Balaban J connectivity index is 1.22. The minimum absolute atomic E-state index is 0.106. The molecule has 0 unspecified atom stereocenters. The van der Waals surface area contributed by atoms with Crippen LogP contribution in [0.5, 0.6) is 5.75 Å². The van der Waals surface area contributed by atoms with Crippen molar-refractivity contribution in [2.45, 2.75) is 6.92 Å². The molecule has 0 saturated carbocycles. The van der Waals surface area contributed by atoms with Gasteiger partial charge in [0.1, 0.15) is 5.75 Å². The predicted octanol–water partition coefficient (Wildman–Crippen LogP) is 6.15. The molecule has 0 bridgehead atoms. The smallest absolute Gasteiger partial charge is 0.265 e. The van der Waals surface area contributed by atoms with Crippen molar-refractivity contribution in [3.8, 4) is 5.75 Å². The second kappa shape index (κ2) is 8.70. The van der Waals surface area contributed by atoms with Crippen LogP contribution >= 0.6 is 34.0 Å². The zero-order valence-electron chi connectivity index (χ0n) is 16.9. The van der Waals surface area contributed by atoms with E-state index >= 15 is 0 Å². The van der Waals surface area contributed by atoms with Crippen LogP contribution in [0.3, 0.4) is 0 Å². The number of hydrogen-bond acceptors (Lipinski definition) is 7. The van der Waals surface area contributed by atoms with Crippen LogP contribution in [0.25, 0.3) is 20.3 Å². The summed E-state index contributed by atoms with van der Waals surface area (Å²) < 4.78 is 7.99. The van der Waals surface area contributed by atoms with Gasteiger partial charge >= 0.3 is 0 Å². The van der Waals surface area contributed by atoms with E-state index in [1.807, 2.05) is 35.9 Å². The van der Waals surface area contributed by atoms with Gasteiger partial charge in [-0.15, -0.1) is 34.0 Å². The summed E-state index contributed by atoms with van der Waals surface area (Å²) >= 11 is 4.61. The molecule has 0 radical (unpaired) electrons. The molecule has 5 rings (SSSR count). The van der Waals surface area contributed by atoms with E-state index in [4.69, 9.17) is 4.74 Å². The highest BCUT2D eigenvalue weighted by atomic mass is 32.1. The number of hydrogen-bond donors (Lipinski definition) is 2. The third kappa shape index (κ3) is 4.22. The van der Waals surface area contributed by atoms with Gasteiger partial charge in [0.15, 0.2) is 6.61 Å². The number of carbonyl (C=O) groups is 2. The Hall–Kier alpha value is -3.27. The van der Waals surface area contributed by atoms with E-state index in [1.165, 1.54) is 11.3 Å². The molecule has 2 aromatic carbocycles. The van der Waals surface area contributed by atoms with Crippen molar-refractivity contribution >= 4 is 77.5 Å². The van der Waals surface area contributed by atoms with Crippen molar-refractivity contribution in [3.05, 3.63) is 69.2 Å². The standard InChI is InChI=1S/C23H17N3O3S3/c1-13-24-21-19(32-13)11-17(16-8-10-31-22(16)21)29-12-20(27)25-14-4-6-15(7-5-14)26-23(28)18-3-2-9-30-18/h2-11H,12H2,1H3,(H,25,27)(H,26,28). The Morgan fingerprint density at radius 2 is 1.78 bits per heavy atom. The average Bonchev–Trinajstić information content (AvgIpc) is 3.53. The van der Waals surface area contributed by atoms with Crippen LogP contribution in [-0.2, 0) is 4.79 Å². The SMILES string of the molecule is Cc1nc2c(cc(OCC(=O)Nc3ccc(NC(=O)c4cccs4)cc3)c3ccsc32)s1. The van der Waals surface area contributed by atoms with Crippen LogP contribution < -0.4 is 15.4 Å². The quantitative estimate of drug-likeness (QED) is 0.306. The molecule has 5 aromatic rings. The Labute approximate surface area is 195 Å². The van der Waals surface area contributed by atoms with E-state index in [-0.39, 0.29) is 18.4 Å². The third-order valence-electron chi connectivity index (χ3n) is 4.70. The summed E-state index contributed by atoms with van der Waals surface area (Å²) in [6.45, 7) is 1.88. The van der Waals surface area contributed by atoms with Crippen LogP contribution in [0, 0.1) is 6.92 Å². The summed E-state index contributed by atoms with van der Waals surface area (Å²) in [4.78, 5) is 29.8. The van der Waals surface area contributed by atoms with Crippen molar-refractivity contribution in [1.29, 1.82) is 0 Å². The lowest BCUT2D eigenvalue weighted by Gasteiger charge is -2.10. The molecule has 0 aliphatic carbocycles. The summed E-state index contributed by atoms with van der Waals surface area (Å²) in [5.74, 6) is 0.265. The number of aryl methyl sites for hydroxylation is 1. The summed E-state index contributed by atoms with van der Waals surface area (Å²) in [6.07, 6.45) is 0. The fourth-order valence-corrected chi connectivity index (χ4v) is 5.74. The Bertz CT molecular complexity index is 1420.